The molecule has 0 saturated heterocycles. The topological polar surface area (TPSA) is 39.2 Å². The van der Waals surface area contributed by atoms with Crippen LogP contribution >= 0.6 is 34.5 Å². The second-order valence-corrected chi connectivity index (χ2v) is 7.28. The molecule has 0 radical (unpaired) electrons. The molecule has 0 unspecified atom stereocenters. The van der Waals surface area contributed by atoms with E-state index in [0.717, 1.165) is 16.3 Å². The van der Waals surface area contributed by atoms with Crippen LogP contribution in [0.3, 0.4) is 0 Å². The van der Waals surface area contributed by atoms with Gasteiger partial charge in [0, 0.05) is 21.0 Å². The summed E-state index contributed by atoms with van der Waals surface area (Å²) in [5, 5.41) is 3.80. The van der Waals surface area contributed by atoms with Crippen LogP contribution in [0, 0.1) is 6.92 Å². The molecule has 0 saturated carbocycles. The zero-order valence-corrected chi connectivity index (χ0v) is 15.8. The van der Waals surface area contributed by atoms with Gasteiger partial charge in [-0.3, -0.25) is 4.79 Å². The van der Waals surface area contributed by atoms with E-state index < -0.39 is 0 Å². The van der Waals surface area contributed by atoms with Crippen LogP contribution in [-0.2, 0) is 22.6 Å². The third kappa shape index (κ3) is 4.82. The number of thiazole rings is 1. The largest absolute Gasteiger partial charge is 0.459 e. The van der Waals surface area contributed by atoms with Crippen molar-refractivity contribution in [1.29, 1.82) is 0 Å². The van der Waals surface area contributed by atoms with Crippen LogP contribution < -0.4 is 0 Å². The first-order valence-corrected chi connectivity index (χ1v) is 9.26. The van der Waals surface area contributed by atoms with Crippen LogP contribution in [0.1, 0.15) is 16.8 Å². The second-order valence-electron chi connectivity index (χ2n) is 5.58. The molecule has 1 heterocycles. The second kappa shape index (κ2) is 8.00. The zero-order chi connectivity index (χ0) is 17.8. The molecule has 2 aromatic carbocycles. The summed E-state index contributed by atoms with van der Waals surface area (Å²) >= 11 is 13.4. The van der Waals surface area contributed by atoms with E-state index in [1.807, 2.05) is 36.6 Å². The van der Waals surface area contributed by atoms with Crippen LogP contribution in [-0.4, -0.2) is 11.0 Å². The maximum absolute atomic E-state index is 12.0. The van der Waals surface area contributed by atoms with Gasteiger partial charge in [-0.1, -0.05) is 59.1 Å². The number of hydrogen-bond donors (Lipinski definition) is 0. The molecule has 0 spiro atoms. The number of carbonyl (C=O) groups excluding carboxylic acids is 1. The molecule has 0 fully saturated rings. The summed E-state index contributed by atoms with van der Waals surface area (Å²) < 4.78 is 5.30. The van der Waals surface area contributed by atoms with Crippen molar-refractivity contribution in [3.63, 3.8) is 0 Å². The number of halogens is 2. The molecule has 0 atom stereocenters. The normalized spacial score (nSPS) is 10.7. The van der Waals surface area contributed by atoms with Crippen LogP contribution in [0.15, 0.2) is 47.8 Å². The number of hydrogen-bond acceptors (Lipinski definition) is 4. The number of rotatable bonds is 5. The first-order valence-electron chi connectivity index (χ1n) is 7.62. The Morgan fingerprint density at radius 2 is 1.92 bits per heavy atom. The maximum Gasteiger partial charge on any atom is 0.310 e. The fourth-order valence-electron chi connectivity index (χ4n) is 2.23. The third-order valence-corrected chi connectivity index (χ3v) is 5.11. The predicted octanol–water partition coefficient (Wildman–Crippen LogP) is 5.71. The summed E-state index contributed by atoms with van der Waals surface area (Å²) in [6.45, 7) is 2.19. The van der Waals surface area contributed by atoms with E-state index in [2.05, 4.69) is 4.98 Å². The summed E-state index contributed by atoms with van der Waals surface area (Å²) in [4.78, 5) is 16.5. The molecule has 1 aromatic heterocycles. The Bertz CT molecular complexity index is 891. The van der Waals surface area contributed by atoms with Crippen LogP contribution in [0.25, 0.3) is 10.6 Å². The highest BCUT2D eigenvalue weighted by Gasteiger charge is 2.11. The SMILES string of the molecule is Cc1ccc(-c2nc(COC(=O)Cc3ccc(Cl)cc3Cl)cs2)cc1. The Kier molecular flexibility index (Phi) is 5.74. The smallest absolute Gasteiger partial charge is 0.310 e. The maximum atomic E-state index is 12.0. The van der Waals surface area contributed by atoms with Crippen LogP contribution in [0.5, 0.6) is 0 Å². The molecule has 0 aliphatic rings. The Morgan fingerprint density at radius 1 is 1.16 bits per heavy atom. The van der Waals surface area contributed by atoms with Gasteiger partial charge in [-0.2, -0.15) is 0 Å². The molecule has 6 heteroatoms. The van der Waals surface area contributed by atoms with E-state index >= 15 is 0 Å². The highest BCUT2D eigenvalue weighted by Crippen LogP contribution is 2.25. The molecule has 0 aliphatic heterocycles. The van der Waals surface area contributed by atoms with Crippen molar-refractivity contribution < 1.29 is 9.53 Å². The average molecular weight is 392 g/mol. The number of aromatic nitrogens is 1. The third-order valence-electron chi connectivity index (χ3n) is 3.58. The van der Waals surface area contributed by atoms with Crippen LogP contribution in [0.2, 0.25) is 10.0 Å². The lowest BCUT2D eigenvalue weighted by molar-refractivity contribution is -0.144. The van der Waals surface area contributed by atoms with Gasteiger partial charge in [0.1, 0.15) is 11.6 Å². The van der Waals surface area contributed by atoms with Crippen molar-refractivity contribution in [3.05, 3.63) is 74.7 Å². The molecule has 0 amide bonds. The van der Waals surface area contributed by atoms with E-state index in [9.17, 15) is 4.79 Å². The van der Waals surface area contributed by atoms with Gasteiger partial charge in [-0.15, -0.1) is 11.3 Å². The lowest BCUT2D eigenvalue weighted by atomic mass is 10.1. The van der Waals surface area contributed by atoms with Gasteiger partial charge in [0.2, 0.25) is 0 Å². The van der Waals surface area contributed by atoms with Gasteiger partial charge in [0.15, 0.2) is 0 Å². The first kappa shape index (κ1) is 17.9. The Labute approximate surface area is 160 Å². The zero-order valence-electron chi connectivity index (χ0n) is 13.5. The molecule has 0 aliphatic carbocycles. The van der Waals surface area contributed by atoms with Gasteiger partial charge >= 0.3 is 5.97 Å². The van der Waals surface area contributed by atoms with Crippen molar-refractivity contribution in [3.8, 4) is 10.6 Å². The fraction of sp³-hybridized carbons (Fsp3) is 0.158. The van der Waals surface area contributed by atoms with E-state index in [0.29, 0.717) is 15.6 Å². The van der Waals surface area contributed by atoms with E-state index in [1.54, 1.807) is 18.2 Å². The highest BCUT2D eigenvalue weighted by atomic mass is 35.5. The van der Waals surface area contributed by atoms with Crippen molar-refractivity contribution in [1.82, 2.24) is 4.98 Å². The van der Waals surface area contributed by atoms with Gasteiger partial charge in [0.05, 0.1) is 12.1 Å². The monoisotopic (exact) mass is 391 g/mol. The molecule has 0 N–H and O–H groups in total. The number of esters is 1. The number of carbonyl (C=O) groups is 1. The molecular weight excluding hydrogens is 377 g/mol. The molecule has 3 rings (SSSR count). The molecule has 128 valence electrons. The minimum absolute atomic E-state index is 0.102. The first-order chi connectivity index (χ1) is 12.0. The summed E-state index contributed by atoms with van der Waals surface area (Å²) in [6.07, 6.45) is 0.102. The molecular formula is C19H15Cl2NO2S. The number of nitrogens with zero attached hydrogens (tertiary/aromatic N) is 1. The van der Waals surface area contributed by atoms with Gasteiger partial charge in [-0.05, 0) is 24.6 Å². The Morgan fingerprint density at radius 3 is 2.64 bits per heavy atom. The fourth-order valence-corrected chi connectivity index (χ4v) is 3.51. The van der Waals surface area contributed by atoms with Crippen LogP contribution in [0.4, 0.5) is 0 Å². The number of benzene rings is 2. The number of ether oxygens (including phenoxy) is 1. The van der Waals surface area contributed by atoms with E-state index in [-0.39, 0.29) is 19.0 Å². The van der Waals surface area contributed by atoms with E-state index in [1.165, 1.54) is 16.9 Å². The minimum atomic E-state index is -0.353. The summed E-state index contributed by atoms with van der Waals surface area (Å²) in [6, 6.07) is 13.2. The summed E-state index contributed by atoms with van der Waals surface area (Å²) in [5.41, 5.74) is 3.68. The molecule has 3 nitrogen and oxygen atoms in total. The van der Waals surface area contributed by atoms with Crippen molar-refractivity contribution in [2.24, 2.45) is 0 Å². The van der Waals surface area contributed by atoms with E-state index in [4.69, 9.17) is 27.9 Å². The van der Waals surface area contributed by atoms with Gasteiger partial charge < -0.3 is 4.74 Å². The summed E-state index contributed by atoms with van der Waals surface area (Å²) in [5.74, 6) is -0.353. The van der Waals surface area contributed by atoms with Gasteiger partial charge in [-0.25, -0.2) is 4.98 Å². The standard InChI is InChI=1S/C19H15Cl2NO2S/c1-12-2-4-13(5-3-12)19-22-16(11-25-19)10-24-18(23)8-14-6-7-15(20)9-17(14)21/h2-7,9,11H,8,10H2,1H3. The number of aryl methyl sites for hydroxylation is 1. The van der Waals surface area contributed by atoms with Crippen molar-refractivity contribution in [2.45, 2.75) is 20.0 Å². The minimum Gasteiger partial charge on any atom is -0.459 e. The Balaban J connectivity index is 1.58. The lowest BCUT2D eigenvalue weighted by Crippen LogP contribution is -2.08. The highest BCUT2D eigenvalue weighted by molar-refractivity contribution is 7.13. The predicted molar refractivity (Wildman–Crippen MR) is 102 cm³/mol. The lowest BCUT2D eigenvalue weighted by Gasteiger charge is -2.05. The molecule has 0 bridgehead atoms. The van der Waals surface area contributed by atoms with Crippen molar-refractivity contribution >= 4 is 40.5 Å². The quantitative estimate of drug-likeness (QED) is 0.522. The Hall–Kier alpha value is -1.88. The summed E-state index contributed by atoms with van der Waals surface area (Å²) in [7, 11) is 0. The van der Waals surface area contributed by atoms with Crippen molar-refractivity contribution in [2.75, 3.05) is 0 Å². The average Bonchev–Trinajstić information content (AvgIpc) is 3.05. The molecule has 25 heavy (non-hydrogen) atoms. The molecule has 3 aromatic rings. The van der Waals surface area contributed by atoms with Gasteiger partial charge in [0.25, 0.3) is 0 Å².